The summed E-state index contributed by atoms with van der Waals surface area (Å²) in [5, 5.41) is 8.88. The molecule has 1 heterocycles. The average molecular weight is 496 g/mol. The first-order valence-corrected chi connectivity index (χ1v) is 7.03. The van der Waals surface area contributed by atoms with Crippen LogP contribution in [-0.4, -0.2) is 23.4 Å². The maximum absolute atomic E-state index is 12.8. The van der Waals surface area contributed by atoms with Gasteiger partial charge in [0.1, 0.15) is 5.75 Å². The maximum Gasteiger partial charge on any atom is 0.430 e. The molecular weight excluding hydrogens is 491 g/mol. The number of ether oxygens (including phenoxy) is 1. The van der Waals surface area contributed by atoms with Crippen LogP contribution in [0.4, 0.5) is 13.2 Å². The molecule has 3 nitrogen and oxygen atoms in total. The standard InChI is InChI=1S/C11H5F3I2O3/c12-11(13,14)9-6(10(17)18)2-4-1-5(15)3-7(16)8(4)19-9/h1-3,9H,(H,17,18)/t9-/m0/s1. The summed E-state index contributed by atoms with van der Waals surface area (Å²) in [7, 11) is 0. The lowest BCUT2D eigenvalue weighted by molar-refractivity contribution is -0.187. The van der Waals surface area contributed by atoms with E-state index in [0.29, 0.717) is 9.13 Å². The lowest BCUT2D eigenvalue weighted by Gasteiger charge is -2.27. The highest BCUT2D eigenvalue weighted by molar-refractivity contribution is 14.1. The van der Waals surface area contributed by atoms with E-state index in [-0.39, 0.29) is 5.75 Å². The van der Waals surface area contributed by atoms with Crippen LogP contribution in [0.25, 0.3) is 6.08 Å². The quantitative estimate of drug-likeness (QED) is 0.605. The van der Waals surface area contributed by atoms with Gasteiger partial charge in [0.25, 0.3) is 0 Å². The van der Waals surface area contributed by atoms with Crippen molar-refractivity contribution in [2.45, 2.75) is 12.3 Å². The number of carboxylic acids is 1. The van der Waals surface area contributed by atoms with Crippen LogP contribution in [0.1, 0.15) is 5.56 Å². The zero-order valence-electron chi connectivity index (χ0n) is 8.96. The van der Waals surface area contributed by atoms with E-state index in [2.05, 4.69) is 0 Å². The summed E-state index contributed by atoms with van der Waals surface area (Å²) >= 11 is 3.86. The summed E-state index contributed by atoms with van der Waals surface area (Å²) in [6, 6.07) is 3.24. The molecular formula is C11H5F3I2O3. The van der Waals surface area contributed by atoms with Gasteiger partial charge < -0.3 is 9.84 Å². The molecule has 0 saturated heterocycles. The Morgan fingerprint density at radius 3 is 2.47 bits per heavy atom. The van der Waals surface area contributed by atoms with Gasteiger partial charge in [0.05, 0.1) is 9.14 Å². The minimum Gasteiger partial charge on any atom is -0.478 e. The van der Waals surface area contributed by atoms with Crippen molar-refractivity contribution >= 4 is 57.2 Å². The van der Waals surface area contributed by atoms with Crippen LogP contribution in [0.15, 0.2) is 17.7 Å². The highest BCUT2D eigenvalue weighted by Crippen LogP contribution is 2.40. The number of hydrogen-bond donors (Lipinski definition) is 1. The Morgan fingerprint density at radius 2 is 1.95 bits per heavy atom. The molecule has 0 aliphatic carbocycles. The Morgan fingerprint density at radius 1 is 1.32 bits per heavy atom. The monoisotopic (exact) mass is 496 g/mol. The van der Waals surface area contributed by atoms with Gasteiger partial charge >= 0.3 is 12.1 Å². The Kier molecular flexibility index (Phi) is 4.00. The van der Waals surface area contributed by atoms with Crippen LogP contribution in [0, 0.1) is 7.14 Å². The predicted molar refractivity (Wildman–Crippen MR) is 78.0 cm³/mol. The fraction of sp³-hybridized carbons (Fsp3) is 0.182. The Bertz CT molecular complexity index is 581. The molecule has 1 aromatic carbocycles. The van der Waals surface area contributed by atoms with E-state index in [1.807, 2.05) is 45.2 Å². The van der Waals surface area contributed by atoms with E-state index in [1.165, 1.54) is 0 Å². The Labute approximate surface area is 133 Å². The number of benzene rings is 1. The topological polar surface area (TPSA) is 46.5 Å². The average Bonchev–Trinajstić information content (AvgIpc) is 2.25. The number of hydrogen-bond acceptors (Lipinski definition) is 2. The number of halogens is 5. The van der Waals surface area contributed by atoms with E-state index in [4.69, 9.17) is 9.84 Å². The molecule has 0 fully saturated rings. The van der Waals surface area contributed by atoms with Crippen molar-refractivity contribution in [3.05, 3.63) is 30.4 Å². The minimum atomic E-state index is -4.77. The smallest absolute Gasteiger partial charge is 0.430 e. The zero-order valence-corrected chi connectivity index (χ0v) is 13.3. The van der Waals surface area contributed by atoms with Crippen molar-refractivity contribution in [1.29, 1.82) is 0 Å². The third-order valence-corrected chi connectivity index (χ3v) is 3.83. The fourth-order valence-electron chi connectivity index (χ4n) is 1.65. The first-order chi connectivity index (χ1) is 8.70. The molecule has 19 heavy (non-hydrogen) atoms. The van der Waals surface area contributed by atoms with Crippen molar-refractivity contribution in [2.75, 3.05) is 0 Å². The van der Waals surface area contributed by atoms with Gasteiger partial charge in [-0.1, -0.05) is 0 Å². The first-order valence-electron chi connectivity index (χ1n) is 4.87. The van der Waals surface area contributed by atoms with Crippen molar-refractivity contribution < 1.29 is 27.8 Å². The fourth-order valence-corrected chi connectivity index (χ4v) is 3.67. The second kappa shape index (κ2) is 5.11. The number of aliphatic carboxylic acids is 1. The molecule has 0 aromatic heterocycles. The molecule has 1 N–H and O–H groups in total. The van der Waals surface area contributed by atoms with Gasteiger partial charge in [-0.05, 0) is 63.4 Å². The molecule has 0 amide bonds. The predicted octanol–water partition coefficient (Wildman–Crippen LogP) is 3.69. The molecule has 0 bridgehead atoms. The van der Waals surface area contributed by atoms with Crippen LogP contribution in [0.2, 0.25) is 0 Å². The third kappa shape index (κ3) is 2.98. The number of rotatable bonds is 1. The van der Waals surface area contributed by atoms with Crippen molar-refractivity contribution in [2.24, 2.45) is 0 Å². The summed E-state index contributed by atoms with van der Waals surface area (Å²) in [6.07, 6.45) is -6.19. The summed E-state index contributed by atoms with van der Waals surface area (Å²) in [5.41, 5.74) is -0.466. The van der Waals surface area contributed by atoms with Gasteiger partial charge in [-0.2, -0.15) is 13.2 Å². The number of fused-ring (bicyclic) bond motifs is 1. The molecule has 0 spiro atoms. The van der Waals surface area contributed by atoms with Crippen molar-refractivity contribution in [3.8, 4) is 5.75 Å². The van der Waals surface area contributed by atoms with E-state index in [9.17, 15) is 18.0 Å². The summed E-state index contributed by atoms with van der Waals surface area (Å²) in [5.74, 6) is -1.57. The van der Waals surface area contributed by atoms with Crippen LogP contribution in [0.3, 0.4) is 0 Å². The maximum atomic E-state index is 12.8. The molecule has 0 saturated carbocycles. The van der Waals surface area contributed by atoms with Gasteiger partial charge in [0.2, 0.25) is 6.10 Å². The number of alkyl halides is 3. The van der Waals surface area contributed by atoms with Crippen LogP contribution >= 0.6 is 45.2 Å². The first kappa shape index (κ1) is 14.9. The highest BCUT2D eigenvalue weighted by atomic mass is 127. The molecule has 0 radical (unpaired) electrons. The molecule has 1 aromatic rings. The Balaban J connectivity index is 2.61. The van der Waals surface area contributed by atoms with E-state index < -0.39 is 23.8 Å². The lowest BCUT2D eigenvalue weighted by Crippen LogP contribution is -2.40. The van der Waals surface area contributed by atoms with E-state index in [1.54, 1.807) is 12.1 Å². The normalized spacial score (nSPS) is 18.4. The Hall–Kier alpha value is -0.520. The van der Waals surface area contributed by atoms with E-state index in [0.717, 1.165) is 9.65 Å². The van der Waals surface area contributed by atoms with Crippen LogP contribution in [0.5, 0.6) is 5.75 Å². The molecule has 8 heteroatoms. The van der Waals surface area contributed by atoms with Gasteiger partial charge in [-0.25, -0.2) is 4.79 Å². The minimum absolute atomic E-state index is 0.0633. The van der Waals surface area contributed by atoms with Crippen molar-refractivity contribution in [3.63, 3.8) is 0 Å². The second-order valence-electron chi connectivity index (χ2n) is 3.75. The van der Waals surface area contributed by atoms with Gasteiger partial charge in [0.15, 0.2) is 0 Å². The highest BCUT2D eigenvalue weighted by Gasteiger charge is 2.48. The molecule has 1 aliphatic rings. The third-order valence-electron chi connectivity index (χ3n) is 2.41. The molecule has 102 valence electrons. The summed E-state index contributed by atoms with van der Waals surface area (Å²) < 4.78 is 44.6. The van der Waals surface area contributed by atoms with Gasteiger partial charge in [-0.3, -0.25) is 0 Å². The van der Waals surface area contributed by atoms with Crippen LogP contribution in [-0.2, 0) is 4.79 Å². The largest absolute Gasteiger partial charge is 0.478 e. The SMILES string of the molecule is O=C(O)C1=Cc2cc(I)cc(I)c2O[C@@H]1C(F)(F)F. The second-order valence-corrected chi connectivity index (χ2v) is 6.16. The van der Waals surface area contributed by atoms with Gasteiger partial charge in [-0.15, -0.1) is 0 Å². The number of carboxylic acid groups (broad SMARTS) is 1. The van der Waals surface area contributed by atoms with Crippen LogP contribution < -0.4 is 4.74 Å². The lowest BCUT2D eigenvalue weighted by atomic mass is 10.0. The molecule has 2 rings (SSSR count). The summed E-state index contributed by atoms with van der Waals surface area (Å²) in [6.45, 7) is 0. The molecule has 1 aliphatic heterocycles. The summed E-state index contributed by atoms with van der Waals surface area (Å²) in [4.78, 5) is 10.9. The zero-order chi connectivity index (χ0) is 14.4. The van der Waals surface area contributed by atoms with Gasteiger partial charge in [0, 0.05) is 9.13 Å². The number of carbonyl (C=O) groups is 1. The van der Waals surface area contributed by atoms with E-state index >= 15 is 0 Å². The molecule has 0 unspecified atom stereocenters. The van der Waals surface area contributed by atoms with Crippen molar-refractivity contribution in [1.82, 2.24) is 0 Å². The molecule has 1 atom stereocenters.